The fourth-order valence-corrected chi connectivity index (χ4v) is 3.15. The van der Waals surface area contributed by atoms with Crippen molar-refractivity contribution in [3.05, 3.63) is 47.7 Å². The minimum absolute atomic E-state index is 0.0482. The molecule has 1 aliphatic heterocycles. The van der Waals surface area contributed by atoms with Gasteiger partial charge in [-0.1, -0.05) is 11.6 Å². The van der Waals surface area contributed by atoms with Crippen LogP contribution < -0.4 is 15.4 Å². The standard InChI is InChI=1S/C18H23ClN4O2/c1-14(13-23-12-2-9-21-23)22-17(24)18(7-10-20-11-8-18)25-16-5-3-15(19)4-6-16/h2-6,9,12,14,20H,7-8,10-11,13H2,1H3,(H,22,24). The molecule has 7 heteroatoms. The van der Waals surface area contributed by atoms with Crippen LogP contribution in [0.1, 0.15) is 19.8 Å². The van der Waals surface area contributed by atoms with E-state index in [0.717, 1.165) is 13.1 Å². The van der Waals surface area contributed by atoms with Gasteiger partial charge in [-0.3, -0.25) is 9.48 Å². The summed E-state index contributed by atoms with van der Waals surface area (Å²) in [5, 5.41) is 11.2. The van der Waals surface area contributed by atoms with E-state index in [0.29, 0.717) is 30.2 Å². The van der Waals surface area contributed by atoms with Gasteiger partial charge in [0.2, 0.25) is 0 Å². The minimum Gasteiger partial charge on any atom is -0.477 e. The number of benzene rings is 1. The lowest BCUT2D eigenvalue weighted by atomic mass is 9.90. The Kier molecular flexibility index (Phi) is 5.60. The molecule has 1 atom stereocenters. The molecule has 6 nitrogen and oxygen atoms in total. The molecule has 1 unspecified atom stereocenters. The molecule has 0 spiro atoms. The molecule has 2 aromatic rings. The van der Waals surface area contributed by atoms with Crippen LogP contribution in [0, 0.1) is 0 Å². The monoisotopic (exact) mass is 362 g/mol. The van der Waals surface area contributed by atoms with E-state index in [2.05, 4.69) is 15.7 Å². The van der Waals surface area contributed by atoms with Gasteiger partial charge in [0.05, 0.1) is 6.54 Å². The van der Waals surface area contributed by atoms with Crippen molar-refractivity contribution in [2.75, 3.05) is 13.1 Å². The average molecular weight is 363 g/mol. The van der Waals surface area contributed by atoms with Crippen molar-refractivity contribution < 1.29 is 9.53 Å². The third kappa shape index (κ3) is 4.52. The quantitative estimate of drug-likeness (QED) is 0.827. The lowest BCUT2D eigenvalue weighted by Gasteiger charge is -2.37. The van der Waals surface area contributed by atoms with E-state index in [1.165, 1.54) is 0 Å². The van der Waals surface area contributed by atoms with Crippen molar-refractivity contribution in [2.45, 2.75) is 38.0 Å². The molecule has 2 heterocycles. The predicted molar refractivity (Wildman–Crippen MR) is 96.7 cm³/mol. The van der Waals surface area contributed by atoms with Crippen LogP contribution in [0.15, 0.2) is 42.7 Å². The highest BCUT2D eigenvalue weighted by Crippen LogP contribution is 2.28. The first-order chi connectivity index (χ1) is 12.1. The van der Waals surface area contributed by atoms with E-state index in [1.54, 1.807) is 35.1 Å². The van der Waals surface area contributed by atoms with Gasteiger partial charge in [-0.05, 0) is 50.3 Å². The summed E-state index contributed by atoms with van der Waals surface area (Å²) in [4.78, 5) is 13.0. The number of amides is 1. The van der Waals surface area contributed by atoms with Gasteiger partial charge in [0, 0.05) is 36.3 Å². The summed E-state index contributed by atoms with van der Waals surface area (Å²) in [6.07, 6.45) is 4.85. The average Bonchev–Trinajstić information content (AvgIpc) is 3.10. The van der Waals surface area contributed by atoms with Crippen molar-refractivity contribution >= 4 is 17.5 Å². The maximum absolute atomic E-state index is 13.0. The number of carbonyl (C=O) groups excluding carboxylic acids is 1. The normalized spacial score (nSPS) is 17.7. The largest absolute Gasteiger partial charge is 0.477 e. The SMILES string of the molecule is CC(Cn1cccn1)NC(=O)C1(Oc2ccc(Cl)cc2)CCNCC1. The van der Waals surface area contributed by atoms with Gasteiger partial charge < -0.3 is 15.4 Å². The van der Waals surface area contributed by atoms with Gasteiger partial charge in [0.25, 0.3) is 5.91 Å². The summed E-state index contributed by atoms with van der Waals surface area (Å²) in [6, 6.07) is 8.95. The maximum atomic E-state index is 13.0. The molecular formula is C18H23ClN4O2. The lowest BCUT2D eigenvalue weighted by Crippen LogP contribution is -2.58. The molecule has 0 aliphatic carbocycles. The third-order valence-corrected chi connectivity index (χ3v) is 4.60. The second kappa shape index (κ2) is 7.89. The fourth-order valence-electron chi connectivity index (χ4n) is 3.02. The summed E-state index contributed by atoms with van der Waals surface area (Å²) in [7, 11) is 0. The zero-order chi connectivity index (χ0) is 17.7. The Balaban J connectivity index is 1.70. The predicted octanol–water partition coefficient (Wildman–Crippen LogP) is 2.24. The van der Waals surface area contributed by atoms with Gasteiger partial charge in [-0.25, -0.2) is 0 Å². The molecule has 3 rings (SSSR count). The van der Waals surface area contributed by atoms with Crippen LogP contribution in [0.4, 0.5) is 0 Å². The smallest absolute Gasteiger partial charge is 0.264 e. The Morgan fingerprint density at radius 1 is 1.40 bits per heavy atom. The van der Waals surface area contributed by atoms with Gasteiger partial charge in [0.1, 0.15) is 5.75 Å². The molecule has 1 amide bonds. The van der Waals surface area contributed by atoms with Crippen molar-refractivity contribution in [3.63, 3.8) is 0 Å². The molecule has 2 N–H and O–H groups in total. The Labute approximate surface area is 152 Å². The van der Waals surface area contributed by atoms with Crippen molar-refractivity contribution in [2.24, 2.45) is 0 Å². The first kappa shape index (κ1) is 17.8. The van der Waals surface area contributed by atoms with Crippen LogP contribution >= 0.6 is 11.6 Å². The van der Waals surface area contributed by atoms with Crippen molar-refractivity contribution in [1.29, 1.82) is 0 Å². The van der Waals surface area contributed by atoms with E-state index >= 15 is 0 Å². The summed E-state index contributed by atoms with van der Waals surface area (Å²) in [5.74, 6) is 0.574. The van der Waals surface area contributed by atoms with E-state index < -0.39 is 5.60 Å². The van der Waals surface area contributed by atoms with Crippen molar-refractivity contribution in [3.8, 4) is 5.75 Å². The highest BCUT2D eigenvalue weighted by Gasteiger charge is 2.42. The van der Waals surface area contributed by atoms with E-state index in [9.17, 15) is 4.79 Å². The van der Waals surface area contributed by atoms with E-state index in [1.807, 2.05) is 19.2 Å². The number of aromatic nitrogens is 2. The zero-order valence-corrected chi connectivity index (χ0v) is 15.0. The third-order valence-electron chi connectivity index (χ3n) is 4.35. The summed E-state index contributed by atoms with van der Waals surface area (Å²) in [5.41, 5.74) is -0.864. The number of hydrogen-bond acceptors (Lipinski definition) is 4. The number of carbonyl (C=O) groups is 1. The number of nitrogens with zero attached hydrogens (tertiary/aromatic N) is 2. The molecule has 1 aromatic heterocycles. The lowest BCUT2D eigenvalue weighted by molar-refractivity contribution is -0.140. The number of piperidine rings is 1. The number of nitrogens with one attached hydrogen (secondary N) is 2. The topological polar surface area (TPSA) is 68.2 Å². The maximum Gasteiger partial charge on any atom is 0.264 e. The Hall–Kier alpha value is -2.05. The van der Waals surface area contributed by atoms with Gasteiger partial charge in [-0.2, -0.15) is 5.10 Å². The van der Waals surface area contributed by atoms with Crippen LogP contribution in [0.2, 0.25) is 5.02 Å². The minimum atomic E-state index is -0.864. The molecule has 1 fully saturated rings. The van der Waals surface area contributed by atoms with Crippen LogP contribution in [0.3, 0.4) is 0 Å². The first-order valence-corrected chi connectivity index (χ1v) is 8.89. The van der Waals surface area contributed by atoms with Gasteiger partial charge in [-0.15, -0.1) is 0 Å². The second-order valence-electron chi connectivity index (χ2n) is 6.40. The Morgan fingerprint density at radius 3 is 2.76 bits per heavy atom. The first-order valence-electron chi connectivity index (χ1n) is 8.51. The molecule has 0 radical (unpaired) electrons. The number of rotatable bonds is 6. The summed E-state index contributed by atoms with van der Waals surface area (Å²) < 4.78 is 7.97. The van der Waals surface area contributed by atoms with Gasteiger partial charge >= 0.3 is 0 Å². The number of halogens is 1. The molecule has 1 saturated heterocycles. The molecular weight excluding hydrogens is 340 g/mol. The summed E-state index contributed by atoms with van der Waals surface area (Å²) >= 11 is 5.94. The Bertz CT molecular complexity index is 682. The van der Waals surface area contributed by atoms with Gasteiger partial charge in [0.15, 0.2) is 5.60 Å². The molecule has 1 aromatic carbocycles. The second-order valence-corrected chi connectivity index (χ2v) is 6.84. The molecule has 0 saturated carbocycles. The molecule has 0 bridgehead atoms. The van der Waals surface area contributed by atoms with Crippen LogP contribution in [-0.2, 0) is 11.3 Å². The molecule has 25 heavy (non-hydrogen) atoms. The fraction of sp³-hybridized carbons (Fsp3) is 0.444. The Morgan fingerprint density at radius 2 is 2.12 bits per heavy atom. The highest BCUT2D eigenvalue weighted by molar-refractivity contribution is 6.30. The zero-order valence-electron chi connectivity index (χ0n) is 14.2. The number of hydrogen-bond donors (Lipinski definition) is 2. The highest BCUT2D eigenvalue weighted by atomic mass is 35.5. The van der Waals surface area contributed by atoms with E-state index in [4.69, 9.17) is 16.3 Å². The van der Waals surface area contributed by atoms with E-state index in [-0.39, 0.29) is 11.9 Å². The van der Waals surface area contributed by atoms with Crippen LogP contribution in [-0.4, -0.2) is 40.4 Å². The van der Waals surface area contributed by atoms with Crippen LogP contribution in [0.25, 0.3) is 0 Å². The van der Waals surface area contributed by atoms with Crippen molar-refractivity contribution in [1.82, 2.24) is 20.4 Å². The molecule has 1 aliphatic rings. The van der Waals surface area contributed by atoms with Crippen LogP contribution in [0.5, 0.6) is 5.75 Å². The summed E-state index contributed by atoms with van der Waals surface area (Å²) in [6.45, 7) is 4.08. The number of ether oxygens (including phenoxy) is 1. The molecule has 134 valence electrons.